The van der Waals surface area contributed by atoms with Crippen LogP contribution in [0.15, 0.2) is 6.20 Å². The molecule has 1 fully saturated rings. The minimum atomic E-state index is -2.95. The maximum Gasteiger partial charge on any atom is 0.316 e. The first kappa shape index (κ1) is 13.9. The number of hydrogen-bond acceptors (Lipinski definition) is 4. The summed E-state index contributed by atoms with van der Waals surface area (Å²) in [5, 5.41) is 23.4. The number of halogens is 2. The Bertz CT molecular complexity index is 456. The number of nitro groups is 1. The lowest BCUT2D eigenvalue weighted by molar-refractivity contribution is -0.386. The Morgan fingerprint density at radius 2 is 2.11 bits per heavy atom. The SMILES string of the molecule is O=[N+]([O-])c1cn(C2CCC(CO)CC2)nc1C(F)F. The summed E-state index contributed by atoms with van der Waals surface area (Å²) < 4.78 is 26.6. The van der Waals surface area contributed by atoms with E-state index in [9.17, 15) is 18.9 Å². The highest BCUT2D eigenvalue weighted by Crippen LogP contribution is 2.34. The van der Waals surface area contributed by atoms with Crippen molar-refractivity contribution in [2.45, 2.75) is 38.2 Å². The maximum absolute atomic E-state index is 12.7. The van der Waals surface area contributed by atoms with Gasteiger partial charge in [-0.25, -0.2) is 8.78 Å². The van der Waals surface area contributed by atoms with E-state index in [1.54, 1.807) is 0 Å². The molecule has 0 bridgehead atoms. The molecule has 1 heterocycles. The van der Waals surface area contributed by atoms with Crippen molar-refractivity contribution in [3.8, 4) is 0 Å². The number of alkyl halides is 2. The van der Waals surface area contributed by atoms with Crippen molar-refractivity contribution in [3.05, 3.63) is 22.0 Å². The molecule has 6 nitrogen and oxygen atoms in total. The molecule has 0 aliphatic heterocycles. The van der Waals surface area contributed by atoms with Gasteiger partial charge in [0.1, 0.15) is 6.20 Å². The van der Waals surface area contributed by atoms with Crippen LogP contribution in [-0.4, -0.2) is 26.4 Å². The molecule has 1 N–H and O–H groups in total. The first-order chi connectivity index (χ1) is 9.02. The van der Waals surface area contributed by atoms with Crippen molar-refractivity contribution < 1.29 is 18.8 Å². The third-order valence-electron chi connectivity index (χ3n) is 3.59. The van der Waals surface area contributed by atoms with Gasteiger partial charge in [-0.1, -0.05) is 0 Å². The summed E-state index contributed by atoms with van der Waals surface area (Å²) in [5.41, 5.74) is -1.39. The van der Waals surface area contributed by atoms with Gasteiger partial charge in [0.15, 0.2) is 0 Å². The predicted octanol–water partition coefficient (Wildman–Crippen LogP) is 2.45. The van der Waals surface area contributed by atoms with Crippen LogP contribution in [0.2, 0.25) is 0 Å². The van der Waals surface area contributed by atoms with Crippen molar-refractivity contribution >= 4 is 5.69 Å². The second-order valence-corrected chi connectivity index (χ2v) is 4.79. The molecule has 0 unspecified atom stereocenters. The summed E-state index contributed by atoms with van der Waals surface area (Å²) in [7, 11) is 0. The molecule has 2 rings (SSSR count). The molecule has 1 aliphatic carbocycles. The Balaban J connectivity index is 2.17. The summed E-state index contributed by atoms with van der Waals surface area (Å²) >= 11 is 0. The molecule has 8 heteroatoms. The molecule has 1 saturated carbocycles. The first-order valence-corrected chi connectivity index (χ1v) is 6.15. The van der Waals surface area contributed by atoms with Gasteiger partial charge in [0.25, 0.3) is 6.43 Å². The highest BCUT2D eigenvalue weighted by molar-refractivity contribution is 5.33. The molecule has 0 radical (unpaired) electrons. The third kappa shape index (κ3) is 2.89. The molecular formula is C11H15F2N3O3. The molecule has 106 valence electrons. The Hall–Kier alpha value is -1.57. The smallest absolute Gasteiger partial charge is 0.316 e. The van der Waals surface area contributed by atoms with Crippen LogP contribution in [0.3, 0.4) is 0 Å². The van der Waals surface area contributed by atoms with E-state index in [0.29, 0.717) is 12.8 Å². The van der Waals surface area contributed by atoms with Gasteiger partial charge in [0.2, 0.25) is 5.69 Å². The molecule has 0 saturated heterocycles. The number of nitrogens with zero attached hydrogens (tertiary/aromatic N) is 3. The van der Waals surface area contributed by atoms with Gasteiger partial charge in [-0.2, -0.15) is 5.10 Å². The number of aromatic nitrogens is 2. The Labute approximate surface area is 108 Å². The van der Waals surface area contributed by atoms with E-state index >= 15 is 0 Å². The second-order valence-electron chi connectivity index (χ2n) is 4.79. The van der Waals surface area contributed by atoms with Crippen LogP contribution in [0.25, 0.3) is 0 Å². The lowest BCUT2D eigenvalue weighted by Crippen LogP contribution is -2.20. The van der Waals surface area contributed by atoms with Crippen molar-refractivity contribution in [1.29, 1.82) is 0 Å². The highest BCUT2D eigenvalue weighted by atomic mass is 19.3. The quantitative estimate of drug-likeness (QED) is 0.676. The minimum Gasteiger partial charge on any atom is -0.396 e. The van der Waals surface area contributed by atoms with Crippen molar-refractivity contribution in [3.63, 3.8) is 0 Å². The molecule has 0 atom stereocenters. The van der Waals surface area contributed by atoms with E-state index in [0.717, 1.165) is 19.0 Å². The van der Waals surface area contributed by atoms with E-state index in [1.165, 1.54) is 4.68 Å². The monoisotopic (exact) mass is 275 g/mol. The summed E-state index contributed by atoms with van der Waals surface area (Å²) in [5.74, 6) is 0.233. The minimum absolute atomic E-state index is 0.103. The fraction of sp³-hybridized carbons (Fsp3) is 0.727. The van der Waals surface area contributed by atoms with Crippen molar-refractivity contribution in [2.24, 2.45) is 5.92 Å². The summed E-state index contributed by atoms with van der Waals surface area (Å²) in [6.45, 7) is 0.119. The highest BCUT2D eigenvalue weighted by Gasteiger charge is 2.30. The number of aliphatic hydroxyl groups is 1. The molecule has 1 aromatic rings. The molecule has 1 aliphatic rings. The van der Waals surface area contributed by atoms with Gasteiger partial charge in [0.05, 0.1) is 11.0 Å². The van der Waals surface area contributed by atoms with Crippen LogP contribution < -0.4 is 0 Å². The van der Waals surface area contributed by atoms with Crippen molar-refractivity contribution in [1.82, 2.24) is 9.78 Å². The number of hydrogen-bond donors (Lipinski definition) is 1. The van der Waals surface area contributed by atoms with Gasteiger partial charge in [-0.15, -0.1) is 0 Å². The summed E-state index contributed by atoms with van der Waals surface area (Å²) in [6.07, 6.45) is 1.07. The second kappa shape index (κ2) is 5.60. The number of aliphatic hydroxyl groups excluding tert-OH is 1. The average Bonchev–Trinajstić information content (AvgIpc) is 2.84. The topological polar surface area (TPSA) is 81.2 Å². The van der Waals surface area contributed by atoms with Crippen LogP contribution in [0, 0.1) is 16.0 Å². The maximum atomic E-state index is 12.7. The first-order valence-electron chi connectivity index (χ1n) is 6.15. The van der Waals surface area contributed by atoms with Gasteiger partial charge >= 0.3 is 5.69 Å². The van der Waals surface area contributed by atoms with Crippen molar-refractivity contribution in [2.75, 3.05) is 6.61 Å². The Kier molecular flexibility index (Phi) is 4.08. The van der Waals surface area contributed by atoms with E-state index in [2.05, 4.69) is 5.10 Å². The van der Waals surface area contributed by atoms with E-state index in [-0.39, 0.29) is 18.6 Å². The Morgan fingerprint density at radius 3 is 2.53 bits per heavy atom. The lowest BCUT2D eigenvalue weighted by atomic mass is 9.87. The number of rotatable bonds is 4. The zero-order chi connectivity index (χ0) is 14.0. The van der Waals surface area contributed by atoms with Crippen LogP contribution in [-0.2, 0) is 0 Å². The summed E-state index contributed by atoms with van der Waals surface area (Å²) in [4.78, 5) is 9.88. The van der Waals surface area contributed by atoms with E-state index in [4.69, 9.17) is 5.11 Å². The standard InChI is InChI=1S/C11H15F2N3O3/c12-11(13)10-9(16(18)19)5-15(14-10)8-3-1-7(6-17)2-4-8/h5,7-8,11,17H,1-4,6H2. The molecule has 0 amide bonds. The van der Waals surface area contributed by atoms with Gasteiger partial charge in [-0.3, -0.25) is 14.8 Å². The predicted molar refractivity (Wildman–Crippen MR) is 61.9 cm³/mol. The van der Waals surface area contributed by atoms with Crippen LogP contribution >= 0.6 is 0 Å². The summed E-state index contributed by atoms with van der Waals surface area (Å²) in [6, 6.07) is -0.103. The molecule has 0 aromatic carbocycles. The third-order valence-corrected chi connectivity index (χ3v) is 3.59. The normalized spacial score (nSPS) is 23.8. The fourth-order valence-electron chi connectivity index (χ4n) is 2.47. The molecule has 19 heavy (non-hydrogen) atoms. The zero-order valence-electron chi connectivity index (χ0n) is 10.2. The largest absolute Gasteiger partial charge is 0.396 e. The average molecular weight is 275 g/mol. The lowest BCUT2D eigenvalue weighted by Gasteiger charge is -2.27. The van der Waals surface area contributed by atoms with Crippen LogP contribution in [0.5, 0.6) is 0 Å². The van der Waals surface area contributed by atoms with E-state index in [1.807, 2.05) is 0 Å². The van der Waals surface area contributed by atoms with Gasteiger partial charge < -0.3 is 5.11 Å². The van der Waals surface area contributed by atoms with Gasteiger partial charge in [0, 0.05) is 6.61 Å². The van der Waals surface area contributed by atoms with Gasteiger partial charge in [-0.05, 0) is 31.6 Å². The zero-order valence-corrected chi connectivity index (χ0v) is 10.2. The molecule has 1 aromatic heterocycles. The Morgan fingerprint density at radius 1 is 1.47 bits per heavy atom. The molecule has 0 spiro atoms. The fourth-order valence-corrected chi connectivity index (χ4v) is 2.47. The van der Waals surface area contributed by atoms with Crippen LogP contribution in [0.1, 0.15) is 43.8 Å². The van der Waals surface area contributed by atoms with E-state index < -0.39 is 22.7 Å². The molecular weight excluding hydrogens is 260 g/mol. The van der Waals surface area contributed by atoms with Crippen LogP contribution in [0.4, 0.5) is 14.5 Å².